The van der Waals surface area contributed by atoms with Crippen LogP contribution in [0.5, 0.6) is 11.5 Å². The minimum atomic E-state index is -0.878. The third-order valence-corrected chi connectivity index (χ3v) is 3.11. The molecule has 1 aromatic rings. The van der Waals surface area contributed by atoms with E-state index in [-0.39, 0.29) is 0 Å². The van der Waals surface area contributed by atoms with E-state index in [0.717, 1.165) is 0 Å². The maximum absolute atomic E-state index is 11.0. The zero-order valence-corrected chi connectivity index (χ0v) is 11.6. The molecule has 4 nitrogen and oxygen atoms in total. The van der Waals surface area contributed by atoms with Gasteiger partial charge in [-0.25, -0.2) is 0 Å². The smallest absolute Gasteiger partial charge is 0.310 e. The van der Waals surface area contributed by atoms with Crippen LogP contribution in [0, 0.1) is 0 Å². The summed E-state index contributed by atoms with van der Waals surface area (Å²) in [6, 6.07) is 3.42. The van der Waals surface area contributed by atoms with Crippen molar-refractivity contribution < 1.29 is 19.4 Å². The van der Waals surface area contributed by atoms with Gasteiger partial charge in [0.05, 0.1) is 19.6 Å². The predicted molar refractivity (Wildman–Crippen MR) is 67.9 cm³/mol. The minimum absolute atomic E-state index is 0.524. The highest BCUT2D eigenvalue weighted by Gasteiger charge is 2.19. The molecule has 0 amide bonds. The van der Waals surface area contributed by atoms with Crippen molar-refractivity contribution in [3.63, 3.8) is 0 Å². The molecular weight excluding hydrogens is 288 g/mol. The molecule has 0 fully saturated rings. The second-order valence-electron chi connectivity index (χ2n) is 3.52. The Morgan fingerprint density at radius 2 is 2.12 bits per heavy atom. The normalized spacial score (nSPS) is 12.0. The Morgan fingerprint density at radius 1 is 1.47 bits per heavy atom. The molecule has 0 aliphatic heterocycles. The van der Waals surface area contributed by atoms with Gasteiger partial charge in [-0.05, 0) is 31.5 Å². The van der Waals surface area contributed by atoms with Gasteiger partial charge < -0.3 is 14.6 Å². The maximum atomic E-state index is 11.0. The average molecular weight is 303 g/mol. The lowest BCUT2D eigenvalue weighted by Gasteiger charge is -2.15. The van der Waals surface area contributed by atoms with Crippen molar-refractivity contribution in [2.75, 3.05) is 13.7 Å². The summed E-state index contributed by atoms with van der Waals surface area (Å²) in [5.41, 5.74) is 0.665. The highest BCUT2D eigenvalue weighted by Crippen LogP contribution is 2.36. The molecule has 0 saturated heterocycles. The Balaban J connectivity index is 3.21. The van der Waals surface area contributed by atoms with Crippen molar-refractivity contribution in [3.8, 4) is 11.5 Å². The Hall–Kier alpha value is -1.23. The number of hydrogen-bond acceptors (Lipinski definition) is 3. The van der Waals surface area contributed by atoms with Crippen molar-refractivity contribution in [2.24, 2.45) is 0 Å². The molecule has 0 radical (unpaired) electrons. The van der Waals surface area contributed by atoms with Crippen LogP contribution < -0.4 is 9.47 Å². The molecule has 0 aliphatic rings. The lowest BCUT2D eigenvalue weighted by Crippen LogP contribution is -2.08. The number of ether oxygens (including phenoxy) is 2. The molecule has 5 heteroatoms. The summed E-state index contributed by atoms with van der Waals surface area (Å²) < 4.78 is 11.3. The number of carboxylic acids is 1. The van der Waals surface area contributed by atoms with Gasteiger partial charge >= 0.3 is 5.97 Å². The number of aliphatic carboxylic acids is 1. The largest absolute Gasteiger partial charge is 0.493 e. The molecule has 1 atom stereocenters. The summed E-state index contributed by atoms with van der Waals surface area (Å²) in [6.07, 6.45) is 0. The Morgan fingerprint density at radius 3 is 2.59 bits per heavy atom. The van der Waals surface area contributed by atoms with E-state index < -0.39 is 11.9 Å². The first-order chi connectivity index (χ1) is 8.01. The van der Waals surface area contributed by atoms with E-state index in [0.29, 0.717) is 28.1 Å². The molecule has 0 heterocycles. The summed E-state index contributed by atoms with van der Waals surface area (Å²) in [6.45, 7) is 4.03. The van der Waals surface area contributed by atoms with Crippen LogP contribution in [0.1, 0.15) is 25.3 Å². The van der Waals surface area contributed by atoms with Gasteiger partial charge in [0.25, 0.3) is 0 Å². The lowest BCUT2D eigenvalue weighted by molar-refractivity contribution is -0.138. The monoisotopic (exact) mass is 302 g/mol. The summed E-state index contributed by atoms with van der Waals surface area (Å²) in [5.74, 6) is -0.341. The molecule has 0 aromatic heterocycles. The van der Waals surface area contributed by atoms with Crippen molar-refractivity contribution in [1.82, 2.24) is 0 Å². The fraction of sp³-hybridized carbons (Fsp3) is 0.417. The topological polar surface area (TPSA) is 55.8 Å². The van der Waals surface area contributed by atoms with Crippen molar-refractivity contribution in [3.05, 3.63) is 22.2 Å². The van der Waals surface area contributed by atoms with E-state index in [2.05, 4.69) is 15.9 Å². The van der Waals surface area contributed by atoms with Gasteiger partial charge in [0.15, 0.2) is 11.5 Å². The van der Waals surface area contributed by atoms with Crippen LogP contribution in [0.4, 0.5) is 0 Å². The number of rotatable bonds is 5. The van der Waals surface area contributed by atoms with Gasteiger partial charge in [-0.3, -0.25) is 4.79 Å². The van der Waals surface area contributed by atoms with Crippen LogP contribution >= 0.6 is 15.9 Å². The first kappa shape index (κ1) is 13.8. The van der Waals surface area contributed by atoms with Gasteiger partial charge in [0.2, 0.25) is 0 Å². The van der Waals surface area contributed by atoms with Crippen molar-refractivity contribution >= 4 is 21.9 Å². The van der Waals surface area contributed by atoms with Crippen LogP contribution in [0.15, 0.2) is 16.6 Å². The molecular formula is C12H15BrO4. The SMILES string of the molecule is CCOc1cc(Br)c([C@H](C)C(=O)O)cc1OC. The van der Waals surface area contributed by atoms with Crippen LogP contribution in [0.25, 0.3) is 0 Å². The zero-order valence-electron chi connectivity index (χ0n) is 9.99. The third-order valence-electron chi connectivity index (χ3n) is 2.42. The summed E-state index contributed by atoms with van der Waals surface area (Å²) in [7, 11) is 1.53. The van der Waals surface area contributed by atoms with Gasteiger partial charge in [-0.15, -0.1) is 0 Å². The molecule has 1 rings (SSSR count). The van der Waals surface area contributed by atoms with E-state index >= 15 is 0 Å². The highest BCUT2D eigenvalue weighted by atomic mass is 79.9. The van der Waals surface area contributed by atoms with Crippen LogP contribution in [0.2, 0.25) is 0 Å². The first-order valence-electron chi connectivity index (χ1n) is 5.24. The van der Waals surface area contributed by atoms with Gasteiger partial charge in [0, 0.05) is 4.47 Å². The average Bonchev–Trinajstić information content (AvgIpc) is 2.29. The molecule has 1 aromatic carbocycles. The molecule has 0 unspecified atom stereocenters. The molecule has 94 valence electrons. The Kier molecular flexibility index (Phi) is 4.81. The van der Waals surface area contributed by atoms with Crippen molar-refractivity contribution in [2.45, 2.75) is 19.8 Å². The fourth-order valence-electron chi connectivity index (χ4n) is 1.44. The van der Waals surface area contributed by atoms with E-state index in [4.69, 9.17) is 14.6 Å². The van der Waals surface area contributed by atoms with E-state index in [1.54, 1.807) is 19.1 Å². The summed E-state index contributed by atoms with van der Waals surface area (Å²) in [4.78, 5) is 11.0. The third kappa shape index (κ3) is 3.12. The zero-order chi connectivity index (χ0) is 13.0. The number of benzene rings is 1. The maximum Gasteiger partial charge on any atom is 0.310 e. The van der Waals surface area contributed by atoms with Crippen LogP contribution in [-0.2, 0) is 4.79 Å². The second kappa shape index (κ2) is 5.91. The molecule has 0 aliphatic carbocycles. The molecule has 17 heavy (non-hydrogen) atoms. The van der Waals surface area contributed by atoms with E-state index in [1.165, 1.54) is 7.11 Å². The van der Waals surface area contributed by atoms with Gasteiger partial charge in [-0.2, -0.15) is 0 Å². The molecule has 0 bridgehead atoms. The molecule has 1 N–H and O–H groups in total. The second-order valence-corrected chi connectivity index (χ2v) is 4.37. The van der Waals surface area contributed by atoms with E-state index in [9.17, 15) is 4.79 Å². The minimum Gasteiger partial charge on any atom is -0.493 e. The summed E-state index contributed by atoms with van der Waals surface area (Å²) >= 11 is 3.35. The number of carbonyl (C=O) groups is 1. The summed E-state index contributed by atoms with van der Waals surface area (Å²) in [5, 5.41) is 9.00. The predicted octanol–water partition coefficient (Wildman–Crippen LogP) is 3.04. The number of carboxylic acid groups (broad SMARTS) is 1. The lowest BCUT2D eigenvalue weighted by atomic mass is 10.0. The number of hydrogen-bond donors (Lipinski definition) is 1. The standard InChI is InChI=1S/C12H15BrO4/c1-4-17-11-6-9(13)8(5-10(11)16-3)7(2)12(14)15/h5-7H,4H2,1-3H3,(H,14,15)/t7-/m0/s1. The highest BCUT2D eigenvalue weighted by molar-refractivity contribution is 9.10. The van der Waals surface area contributed by atoms with Crippen LogP contribution in [-0.4, -0.2) is 24.8 Å². The van der Waals surface area contributed by atoms with Crippen molar-refractivity contribution in [1.29, 1.82) is 0 Å². The van der Waals surface area contributed by atoms with Crippen LogP contribution in [0.3, 0.4) is 0 Å². The first-order valence-corrected chi connectivity index (χ1v) is 6.03. The van der Waals surface area contributed by atoms with Gasteiger partial charge in [0.1, 0.15) is 0 Å². The number of halogens is 1. The molecule has 0 saturated carbocycles. The fourth-order valence-corrected chi connectivity index (χ4v) is 2.11. The number of methoxy groups -OCH3 is 1. The van der Waals surface area contributed by atoms with E-state index in [1.807, 2.05) is 6.92 Å². The Labute approximate surface area is 109 Å². The Bertz CT molecular complexity index is 417. The quantitative estimate of drug-likeness (QED) is 0.908. The molecule has 0 spiro atoms. The van der Waals surface area contributed by atoms with Gasteiger partial charge in [-0.1, -0.05) is 15.9 Å².